The van der Waals surface area contributed by atoms with Gasteiger partial charge in [-0.1, -0.05) is 25.1 Å². The van der Waals surface area contributed by atoms with Crippen LogP contribution in [0, 0.1) is 5.82 Å². The number of nitrogens with zero attached hydrogens (tertiary/aromatic N) is 3. The van der Waals surface area contributed by atoms with Gasteiger partial charge in [-0.05, 0) is 41.9 Å². The molecule has 2 aromatic rings. The molecule has 0 atom stereocenters. The van der Waals surface area contributed by atoms with Crippen molar-refractivity contribution in [1.29, 1.82) is 0 Å². The van der Waals surface area contributed by atoms with Crippen LogP contribution in [0.2, 0.25) is 0 Å². The molecule has 162 valence electrons. The van der Waals surface area contributed by atoms with Gasteiger partial charge in [0.05, 0.1) is 12.8 Å². The van der Waals surface area contributed by atoms with Crippen molar-refractivity contribution in [3.63, 3.8) is 0 Å². The number of halogens is 1. The smallest absolute Gasteiger partial charge is 0.191 e. The number of piperazine rings is 1. The van der Waals surface area contributed by atoms with E-state index in [1.165, 1.54) is 0 Å². The Morgan fingerprint density at radius 1 is 1.03 bits per heavy atom. The second-order valence-electron chi connectivity index (χ2n) is 7.34. The third-order valence-corrected chi connectivity index (χ3v) is 5.45. The number of benzene rings is 2. The fourth-order valence-corrected chi connectivity index (χ4v) is 3.60. The second kappa shape index (κ2) is 10.8. The molecule has 7 heteroatoms. The number of ether oxygens (including phenoxy) is 1. The average Bonchev–Trinajstić information content (AvgIpc) is 2.79. The van der Waals surface area contributed by atoms with Crippen LogP contribution in [-0.4, -0.2) is 57.7 Å². The fraction of sp³-hybridized carbons (Fsp3) is 0.435. The summed E-state index contributed by atoms with van der Waals surface area (Å²) >= 11 is 0. The highest BCUT2D eigenvalue weighted by Crippen LogP contribution is 2.22. The van der Waals surface area contributed by atoms with E-state index in [1.807, 2.05) is 36.4 Å². The lowest BCUT2D eigenvalue weighted by Gasteiger charge is -2.35. The topological polar surface area (TPSA) is 52.1 Å². The van der Waals surface area contributed by atoms with Crippen molar-refractivity contribution in [3.8, 4) is 5.75 Å². The van der Waals surface area contributed by atoms with Gasteiger partial charge in [-0.25, -0.2) is 4.39 Å². The molecule has 0 amide bonds. The molecule has 0 radical (unpaired) electrons. The minimum absolute atomic E-state index is 0.168. The van der Waals surface area contributed by atoms with Crippen molar-refractivity contribution in [1.82, 2.24) is 15.5 Å². The van der Waals surface area contributed by atoms with Crippen LogP contribution in [0.15, 0.2) is 47.5 Å². The van der Waals surface area contributed by atoms with Crippen molar-refractivity contribution in [2.24, 2.45) is 4.99 Å². The van der Waals surface area contributed by atoms with Crippen LogP contribution in [0.5, 0.6) is 5.75 Å². The van der Waals surface area contributed by atoms with E-state index in [4.69, 9.17) is 4.74 Å². The second-order valence-corrected chi connectivity index (χ2v) is 7.34. The lowest BCUT2D eigenvalue weighted by Crippen LogP contribution is -2.46. The zero-order valence-electron chi connectivity index (χ0n) is 18.1. The van der Waals surface area contributed by atoms with E-state index in [2.05, 4.69) is 32.3 Å². The highest BCUT2D eigenvalue weighted by atomic mass is 19.1. The van der Waals surface area contributed by atoms with Gasteiger partial charge in [-0.15, -0.1) is 0 Å². The summed E-state index contributed by atoms with van der Waals surface area (Å²) < 4.78 is 20.0. The van der Waals surface area contributed by atoms with Crippen LogP contribution in [0.4, 0.5) is 10.1 Å². The van der Waals surface area contributed by atoms with Gasteiger partial charge in [0.2, 0.25) is 0 Å². The van der Waals surface area contributed by atoms with E-state index >= 15 is 0 Å². The Hall–Kier alpha value is -2.80. The lowest BCUT2D eigenvalue weighted by atomic mass is 10.1. The van der Waals surface area contributed by atoms with Gasteiger partial charge in [-0.3, -0.25) is 4.99 Å². The van der Waals surface area contributed by atoms with Crippen molar-refractivity contribution in [3.05, 3.63) is 59.4 Å². The largest absolute Gasteiger partial charge is 0.497 e. The molecule has 1 fully saturated rings. The van der Waals surface area contributed by atoms with Gasteiger partial charge in [-0.2, -0.15) is 0 Å². The number of likely N-dealkylation sites (N-methyl/N-ethyl adjacent to an activating group) is 1. The number of anilines is 1. The number of aliphatic imine (C=N–C) groups is 1. The molecule has 1 aliphatic rings. The third-order valence-electron chi connectivity index (χ3n) is 5.45. The first-order valence-electron chi connectivity index (χ1n) is 10.5. The molecule has 3 rings (SSSR count). The van der Waals surface area contributed by atoms with Gasteiger partial charge in [0, 0.05) is 46.3 Å². The molecule has 1 heterocycles. The summed E-state index contributed by atoms with van der Waals surface area (Å²) in [6.07, 6.45) is 0. The molecule has 1 aliphatic heterocycles. The summed E-state index contributed by atoms with van der Waals surface area (Å²) in [5.41, 5.74) is 2.67. The zero-order chi connectivity index (χ0) is 21.3. The zero-order valence-corrected chi connectivity index (χ0v) is 18.1. The number of hydrogen-bond acceptors (Lipinski definition) is 4. The first-order valence-corrected chi connectivity index (χ1v) is 10.5. The highest BCUT2D eigenvalue weighted by Gasteiger charge is 2.18. The molecule has 6 nitrogen and oxygen atoms in total. The summed E-state index contributed by atoms with van der Waals surface area (Å²) in [7, 11) is 3.38. The SMILES string of the molecule is CCN1CCN(c2ccc(CNC(=NC)NCc3cccc(OC)c3)cc2F)CC1. The summed E-state index contributed by atoms with van der Waals surface area (Å²) in [6.45, 7) is 8.02. The molecular formula is C23H32FN5O. The van der Waals surface area contributed by atoms with Gasteiger partial charge in [0.25, 0.3) is 0 Å². The molecule has 0 aromatic heterocycles. The molecule has 0 unspecified atom stereocenters. The van der Waals surface area contributed by atoms with E-state index in [-0.39, 0.29) is 5.82 Å². The van der Waals surface area contributed by atoms with Crippen molar-refractivity contribution in [2.45, 2.75) is 20.0 Å². The number of hydrogen-bond donors (Lipinski definition) is 2. The Morgan fingerprint density at radius 2 is 1.73 bits per heavy atom. The number of rotatable bonds is 7. The van der Waals surface area contributed by atoms with Crippen LogP contribution >= 0.6 is 0 Å². The maximum absolute atomic E-state index is 14.7. The van der Waals surface area contributed by atoms with Crippen molar-refractivity contribution in [2.75, 3.05) is 51.8 Å². The predicted molar refractivity (Wildman–Crippen MR) is 121 cm³/mol. The predicted octanol–water partition coefficient (Wildman–Crippen LogP) is 2.84. The Kier molecular flexibility index (Phi) is 7.90. The normalized spacial score (nSPS) is 15.2. The van der Waals surface area contributed by atoms with Crippen LogP contribution in [0.1, 0.15) is 18.1 Å². The standard InChI is InChI=1S/C23H32FN5O/c1-4-28-10-12-29(13-11-28)22-9-8-19(15-21(22)24)17-27-23(25-2)26-16-18-6-5-7-20(14-18)30-3/h5-9,14-15H,4,10-13,16-17H2,1-3H3,(H2,25,26,27). The quantitative estimate of drug-likeness (QED) is 0.540. The van der Waals surface area contributed by atoms with Crippen LogP contribution in [0.25, 0.3) is 0 Å². The van der Waals surface area contributed by atoms with Crippen LogP contribution < -0.4 is 20.3 Å². The van der Waals surface area contributed by atoms with E-state index in [9.17, 15) is 4.39 Å². The van der Waals surface area contributed by atoms with E-state index < -0.39 is 0 Å². The van der Waals surface area contributed by atoms with Gasteiger partial charge >= 0.3 is 0 Å². The minimum atomic E-state index is -0.168. The monoisotopic (exact) mass is 413 g/mol. The van der Waals surface area contributed by atoms with Gasteiger partial charge < -0.3 is 25.2 Å². The molecule has 0 aliphatic carbocycles. The lowest BCUT2D eigenvalue weighted by molar-refractivity contribution is 0.270. The Labute approximate surface area is 178 Å². The molecule has 0 spiro atoms. The summed E-state index contributed by atoms with van der Waals surface area (Å²) in [6, 6.07) is 13.4. The molecule has 2 N–H and O–H groups in total. The molecule has 2 aromatic carbocycles. The number of guanidine groups is 1. The average molecular weight is 414 g/mol. The van der Waals surface area contributed by atoms with Crippen LogP contribution in [0.3, 0.4) is 0 Å². The molecule has 0 bridgehead atoms. The van der Waals surface area contributed by atoms with E-state index in [0.29, 0.717) is 24.7 Å². The van der Waals surface area contributed by atoms with Crippen molar-refractivity contribution < 1.29 is 9.13 Å². The Balaban J connectivity index is 1.52. The van der Waals surface area contributed by atoms with Gasteiger partial charge in [0.1, 0.15) is 11.6 Å². The molecule has 1 saturated heterocycles. The maximum atomic E-state index is 14.7. The van der Waals surface area contributed by atoms with Crippen molar-refractivity contribution >= 4 is 11.6 Å². The molecule has 30 heavy (non-hydrogen) atoms. The van der Waals surface area contributed by atoms with Gasteiger partial charge in [0.15, 0.2) is 5.96 Å². The highest BCUT2D eigenvalue weighted by molar-refractivity contribution is 5.79. The first-order chi connectivity index (χ1) is 14.6. The third kappa shape index (κ3) is 5.86. The summed E-state index contributed by atoms with van der Waals surface area (Å²) in [4.78, 5) is 8.76. The van der Waals surface area contributed by atoms with E-state index in [0.717, 1.165) is 49.6 Å². The fourth-order valence-electron chi connectivity index (χ4n) is 3.60. The maximum Gasteiger partial charge on any atom is 0.191 e. The van der Waals surface area contributed by atoms with Crippen LogP contribution in [-0.2, 0) is 13.1 Å². The van der Waals surface area contributed by atoms with E-state index in [1.54, 1.807) is 20.2 Å². The summed E-state index contributed by atoms with van der Waals surface area (Å²) in [5, 5.41) is 6.52. The Bertz CT molecular complexity index is 849. The summed E-state index contributed by atoms with van der Waals surface area (Å²) in [5.74, 6) is 1.32. The number of methoxy groups -OCH3 is 1. The molecule has 0 saturated carbocycles. The minimum Gasteiger partial charge on any atom is -0.497 e. The molecular weight excluding hydrogens is 381 g/mol. The number of nitrogens with one attached hydrogen (secondary N) is 2. The Morgan fingerprint density at radius 3 is 2.33 bits per heavy atom. The first kappa shape index (κ1) is 21.9.